The van der Waals surface area contributed by atoms with E-state index in [0.717, 1.165) is 83.0 Å². The lowest BCUT2D eigenvalue weighted by Crippen LogP contribution is -2.00. The molecule has 7 aromatic carbocycles. The van der Waals surface area contributed by atoms with Crippen molar-refractivity contribution in [2.24, 2.45) is 0 Å². The van der Waals surface area contributed by atoms with Crippen LogP contribution < -0.4 is 0 Å². The summed E-state index contributed by atoms with van der Waals surface area (Å²) < 4.78 is 6.48. The van der Waals surface area contributed by atoms with E-state index in [2.05, 4.69) is 103 Å². The van der Waals surface area contributed by atoms with Gasteiger partial charge in [0.25, 0.3) is 0 Å². The molecule has 5 heteroatoms. The number of nitrogens with zero attached hydrogens (tertiary/aromatic N) is 4. The Morgan fingerprint density at radius 2 is 0.755 bits per heavy atom. The minimum absolute atomic E-state index is 0.639. The van der Waals surface area contributed by atoms with Gasteiger partial charge in [0.05, 0.1) is 16.6 Å². The third-order valence-corrected chi connectivity index (χ3v) is 9.75. The highest BCUT2D eigenvalue weighted by molar-refractivity contribution is 6.19. The van der Waals surface area contributed by atoms with Crippen LogP contribution in [0, 0.1) is 0 Å². The number of aromatic nitrogens is 4. The fourth-order valence-corrected chi connectivity index (χ4v) is 7.05. The zero-order valence-electron chi connectivity index (χ0n) is 28.5. The predicted molar refractivity (Wildman–Crippen MR) is 215 cm³/mol. The summed E-state index contributed by atoms with van der Waals surface area (Å²) in [5, 5.41) is 3.12. The molecule has 0 aliphatic heterocycles. The highest BCUT2D eigenvalue weighted by Crippen LogP contribution is 2.40. The number of pyridine rings is 1. The Hall–Kier alpha value is -7.24. The van der Waals surface area contributed by atoms with Crippen LogP contribution in [-0.2, 0) is 0 Å². The van der Waals surface area contributed by atoms with Gasteiger partial charge in [-0.15, -0.1) is 0 Å². The molecule has 0 N–H and O–H groups in total. The summed E-state index contributed by atoms with van der Waals surface area (Å²) in [5.41, 5.74) is 11.9. The minimum Gasteiger partial charge on any atom is -0.455 e. The molecular weight excluding hydrogens is 649 g/mol. The van der Waals surface area contributed by atoms with E-state index in [4.69, 9.17) is 24.4 Å². The fourth-order valence-electron chi connectivity index (χ4n) is 7.05. The van der Waals surface area contributed by atoms with Crippen LogP contribution in [0.3, 0.4) is 0 Å². The maximum absolute atomic E-state index is 6.48. The summed E-state index contributed by atoms with van der Waals surface area (Å²) in [5.74, 6) is 1.94. The molecule has 248 valence electrons. The molecule has 0 unspecified atom stereocenters. The van der Waals surface area contributed by atoms with Crippen molar-refractivity contribution in [2.75, 3.05) is 0 Å². The normalized spacial score (nSPS) is 11.4. The van der Waals surface area contributed by atoms with E-state index in [-0.39, 0.29) is 0 Å². The van der Waals surface area contributed by atoms with Gasteiger partial charge in [-0.3, -0.25) is 0 Å². The van der Waals surface area contributed by atoms with Crippen molar-refractivity contribution in [2.45, 2.75) is 0 Å². The molecule has 5 nitrogen and oxygen atoms in total. The summed E-state index contributed by atoms with van der Waals surface area (Å²) >= 11 is 0. The summed E-state index contributed by atoms with van der Waals surface area (Å²) in [6, 6.07) is 62.2. The number of hydrogen-bond acceptors (Lipinski definition) is 5. The van der Waals surface area contributed by atoms with Gasteiger partial charge >= 0.3 is 0 Å². The van der Waals surface area contributed by atoms with Crippen molar-refractivity contribution < 1.29 is 4.42 Å². The van der Waals surface area contributed by atoms with Crippen molar-refractivity contribution in [3.8, 4) is 67.7 Å². The smallest absolute Gasteiger partial charge is 0.164 e. The van der Waals surface area contributed by atoms with Crippen molar-refractivity contribution in [1.29, 1.82) is 0 Å². The first-order valence-corrected chi connectivity index (χ1v) is 17.6. The molecule has 0 spiro atoms. The first kappa shape index (κ1) is 30.6. The fraction of sp³-hybridized carbons (Fsp3) is 0. The van der Waals surface area contributed by atoms with Gasteiger partial charge in [0.1, 0.15) is 11.2 Å². The van der Waals surface area contributed by atoms with Crippen molar-refractivity contribution >= 4 is 32.8 Å². The Morgan fingerprint density at radius 1 is 0.321 bits per heavy atom. The third-order valence-electron chi connectivity index (χ3n) is 9.75. The van der Waals surface area contributed by atoms with Gasteiger partial charge in [0.2, 0.25) is 0 Å². The lowest BCUT2D eigenvalue weighted by atomic mass is 9.97. The maximum atomic E-state index is 6.48. The van der Waals surface area contributed by atoms with Crippen LogP contribution in [0.15, 0.2) is 186 Å². The first-order chi connectivity index (χ1) is 26.2. The van der Waals surface area contributed by atoms with Crippen molar-refractivity contribution in [3.63, 3.8) is 0 Å². The molecule has 0 amide bonds. The number of hydrogen-bond donors (Lipinski definition) is 0. The van der Waals surface area contributed by atoms with Crippen LogP contribution >= 0.6 is 0 Å². The molecule has 0 aliphatic rings. The molecule has 10 rings (SSSR count). The Labute approximate surface area is 305 Å². The summed E-state index contributed by atoms with van der Waals surface area (Å²) in [7, 11) is 0. The molecule has 0 radical (unpaired) electrons. The second-order valence-corrected chi connectivity index (χ2v) is 13.1. The Bertz CT molecular complexity index is 2850. The van der Waals surface area contributed by atoms with Gasteiger partial charge in [0.15, 0.2) is 17.5 Å². The average Bonchev–Trinajstić information content (AvgIpc) is 3.64. The molecule has 10 aromatic rings. The van der Waals surface area contributed by atoms with Crippen LogP contribution in [0.1, 0.15) is 0 Å². The number of para-hydroxylation sites is 1. The molecular formula is C48H30N4O. The van der Waals surface area contributed by atoms with Gasteiger partial charge in [-0.1, -0.05) is 164 Å². The van der Waals surface area contributed by atoms with Crippen LogP contribution in [0.5, 0.6) is 0 Å². The van der Waals surface area contributed by atoms with Gasteiger partial charge in [0, 0.05) is 33.0 Å². The largest absolute Gasteiger partial charge is 0.455 e. The predicted octanol–water partition coefficient (Wildman–Crippen LogP) is 12.3. The lowest BCUT2D eigenvalue weighted by molar-refractivity contribution is 0.672. The van der Waals surface area contributed by atoms with Gasteiger partial charge in [-0.05, 0) is 40.5 Å². The maximum Gasteiger partial charge on any atom is 0.164 e. The van der Waals surface area contributed by atoms with Crippen LogP contribution in [0.4, 0.5) is 0 Å². The molecule has 0 saturated carbocycles. The topological polar surface area (TPSA) is 64.7 Å². The van der Waals surface area contributed by atoms with E-state index in [1.54, 1.807) is 0 Å². The van der Waals surface area contributed by atoms with Gasteiger partial charge in [-0.2, -0.15) is 0 Å². The monoisotopic (exact) mass is 678 g/mol. The third kappa shape index (κ3) is 5.61. The highest BCUT2D eigenvalue weighted by atomic mass is 16.3. The van der Waals surface area contributed by atoms with Crippen LogP contribution in [0.2, 0.25) is 0 Å². The highest BCUT2D eigenvalue weighted by Gasteiger charge is 2.18. The Morgan fingerprint density at radius 3 is 1.32 bits per heavy atom. The van der Waals surface area contributed by atoms with Crippen molar-refractivity contribution in [3.05, 3.63) is 182 Å². The van der Waals surface area contributed by atoms with E-state index in [1.807, 2.05) is 78.9 Å². The molecule has 0 bridgehead atoms. The number of furan rings is 1. The average molecular weight is 679 g/mol. The molecule has 0 fully saturated rings. The zero-order chi connectivity index (χ0) is 35.1. The number of benzene rings is 7. The summed E-state index contributed by atoms with van der Waals surface area (Å²) in [4.78, 5) is 19.8. The lowest BCUT2D eigenvalue weighted by Gasteiger charge is -2.10. The van der Waals surface area contributed by atoms with E-state index in [1.165, 1.54) is 0 Å². The molecule has 0 aliphatic carbocycles. The zero-order valence-corrected chi connectivity index (χ0v) is 28.5. The molecule has 3 heterocycles. The van der Waals surface area contributed by atoms with Crippen LogP contribution in [-0.4, -0.2) is 19.9 Å². The van der Waals surface area contributed by atoms with Crippen LogP contribution in [0.25, 0.3) is 101 Å². The van der Waals surface area contributed by atoms with E-state index < -0.39 is 0 Å². The number of rotatable bonds is 6. The second-order valence-electron chi connectivity index (χ2n) is 13.1. The second kappa shape index (κ2) is 12.8. The quantitative estimate of drug-likeness (QED) is 0.175. The molecule has 53 heavy (non-hydrogen) atoms. The van der Waals surface area contributed by atoms with Gasteiger partial charge < -0.3 is 4.42 Å². The van der Waals surface area contributed by atoms with E-state index in [0.29, 0.717) is 17.5 Å². The SMILES string of the molecule is c1ccc(-c2nc(-c3ccccc3)nc(-c3ccc(-c4ccc(-c5ccc6c(c5)nc(-c5ccccc5)c5c7ccccc7oc65)cc4)cc3)n2)cc1. The molecule has 0 atom stereocenters. The minimum atomic E-state index is 0.639. The van der Waals surface area contributed by atoms with Crippen molar-refractivity contribution in [1.82, 2.24) is 19.9 Å². The number of fused-ring (bicyclic) bond motifs is 5. The summed E-state index contributed by atoms with van der Waals surface area (Å²) in [6.45, 7) is 0. The van der Waals surface area contributed by atoms with Gasteiger partial charge in [-0.25, -0.2) is 19.9 Å². The summed E-state index contributed by atoms with van der Waals surface area (Å²) in [6.07, 6.45) is 0. The van der Waals surface area contributed by atoms with E-state index >= 15 is 0 Å². The Balaban J connectivity index is 0.982. The Kier molecular flexibility index (Phi) is 7.40. The first-order valence-electron chi connectivity index (χ1n) is 17.6. The van der Waals surface area contributed by atoms with E-state index in [9.17, 15) is 0 Å². The standard InChI is InChI=1S/C48H30N4O/c1-4-12-34(13-5-1)44-43-40-18-10-11-19-42(40)53-45(43)39-29-28-38(30-41(39)49-44)33-22-20-31(21-23-33)32-24-26-37(27-25-32)48-51-46(35-14-6-2-7-15-35)50-47(52-48)36-16-8-3-9-17-36/h1-30H. The molecule has 0 saturated heterocycles. The molecule has 3 aromatic heterocycles.